The Balaban J connectivity index is 1.36. The highest BCUT2D eigenvalue weighted by atomic mass is 16.3. The Morgan fingerprint density at radius 1 is 0.468 bits per heavy atom. The van der Waals surface area contributed by atoms with E-state index in [1.54, 1.807) is 0 Å². The molecule has 0 saturated carbocycles. The van der Waals surface area contributed by atoms with Crippen LogP contribution in [0.3, 0.4) is 0 Å². The highest BCUT2D eigenvalue weighted by molar-refractivity contribution is 6.30. The molecule has 0 spiro atoms. The molecular weight excluding hydrogens is 578 g/mol. The molecule has 0 saturated heterocycles. The first-order chi connectivity index (χ1) is 23.3. The maximum absolute atomic E-state index is 6.68. The van der Waals surface area contributed by atoms with Gasteiger partial charge in [-0.25, -0.2) is 15.0 Å². The van der Waals surface area contributed by atoms with Gasteiger partial charge in [0.15, 0.2) is 5.58 Å². The van der Waals surface area contributed by atoms with Gasteiger partial charge in [0.1, 0.15) is 16.7 Å². The summed E-state index contributed by atoms with van der Waals surface area (Å²) in [5.41, 5.74) is 10.5. The molecule has 0 atom stereocenters. The smallest absolute Gasteiger partial charge is 0.235 e. The fraction of sp³-hybridized carbons (Fsp3) is 0. The van der Waals surface area contributed by atoms with E-state index in [0.717, 1.165) is 93.5 Å². The number of furan rings is 1. The van der Waals surface area contributed by atoms with Gasteiger partial charge in [0.25, 0.3) is 0 Å². The number of para-hydroxylation sites is 5. The van der Waals surface area contributed by atoms with Crippen LogP contribution in [0.2, 0.25) is 0 Å². The lowest BCUT2D eigenvalue weighted by Gasteiger charge is -2.12. The van der Waals surface area contributed by atoms with Gasteiger partial charge in [-0.05, 0) is 48.5 Å². The van der Waals surface area contributed by atoms with Crippen molar-refractivity contribution in [3.8, 4) is 17.2 Å². The summed E-state index contributed by atoms with van der Waals surface area (Å²) in [6.07, 6.45) is 0. The van der Waals surface area contributed by atoms with Gasteiger partial charge in [-0.15, -0.1) is 0 Å². The predicted octanol–water partition coefficient (Wildman–Crippen LogP) is 10.2. The highest BCUT2D eigenvalue weighted by Crippen LogP contribution is 2.44. The number of pyridine rings is 1. The van der Waals surface area contributed by atoms with Crippen molar-refractivity contribution in [1.29, 1.82) is 0 Å². The van der Waals surface area contributed by atoms with Crippen LogP contribution >= 0.6 is 0 Å². The van der Waals surface area contributed by atoms with E-state index in [-0.39, 0.29) is 0 Å². The summed E-state index contributed by atoms with van der Waals surface area (Å²) in [4.78, 5) is 15.7. The number of rotatable bonds is 2. The Bertz CT molecular complexity index is 3080. The van der Waals surface area contributed by atoms with Crippen molar-refractivity contribution in [3.05, 3.63) is 140 Å². The SMILES string of the molecule is c1ccc(-c2nc(-n3c4ccccc4c4c5c(ccc43)c3oc4ccccc4c3n3c4ccccc4nc53)nc3ccccc23)cc1. The van der Waals surface area contributed by atoms with Crippen molar-refractivity contribution >= 4 is 82.2 Å². The van der Waals surface area contributed by atoms with Gasteiger partial charge in [-0.1, -0.05) is 91.0 Å². The van der Waals surface area contributed by atoms with E-state index in [4.69, 9.17) is 19.4 Å². The predicted molar refractivity (Wildman–Crippen MR) is 190 cm³/mol. The molecule has 6 aromatic carbocycles. The number of fused-ring (bicyclic) bond motifs is 15. The van der Waals surface area contributed by atoms with Crippen molar-refractivity contribution in [1.82, 2.24) is 23.9 Å². The molecule has 5 heterocycles. The van der Waals surface area contributed by atoms with Crippen LogP contribution in [0, 0.1) is 0 Å². The summed E-state index contributed by atoms with van der Waals surface area (Å²) in [5, 5.41) is 6.36. The zero-order valence-corrected chi connectivity index (χ0v) is 24.9. The molecular formula is C41H23N5O. The molecule has 0 fully saturated rings. The molecule has 0 unspecified atom stereocenters. The molecule has 5 aromatic heterocycles. The second-order valence-electron chi connectivity index (χ2n) is 12.0. The van der Waals surface area contributed by atoms with Crippen molar-refractivity contribution < 1.29 is 4.42 Å². The maximum Gasteiger partial charge on any atom is 0.235 e. The fourth-order valence-corrected chi connectivity index (χ4v) is 7.53. The summed E-state index contributed by atoms with van der Waals surface area (Å²) in [7, 11) is 0. The van der Waals surface area contributed by atoms with Crippen LogP contribution in [0.5, 0.6) is 0 Å². The summed E-state index contributed by atoms with van der Waals surface area (Å²) in [6, 6.07) is 48.1. The third-order valence-corrected chi connectivity index (χ3v) is 9.50. The number of imidazole rings is 1. The first kappa shape index (κ1) is 24.8. The van der Waals surface area contributed by atoms with Gasteiger partial charge in [0.05, 0.1) is 33.3 Å². The third-order valence-electron chi connectivity index (χ3n) is 9.50. The Morgan fingerprint density at radius 2 is 1.17 bits per heavy atom. The molecule has 0 N–H and O–H groups in total. The molecule has 11 rings (SSSR count). The second kappa shape index (κ2) is 9.02. The third kappa shape index (κ3) is 3.26. The van der Waals surface area contributed by atoms with Gasteiger partial charge in [-0.2, -0.15) is 0 Å². The number of hydrogen-bond acceptors (Lipinski definition) is 4. The first-order valence-corrected chi connectivity index (χ1v) is 15.7. The van der Waals surface area contributed by atoms with E-state index in [9.17, 15) is 0 Å². The average Bonchev–Trinajstić information content (AvgIpc) is 3.81. The van der Waals surface area contributed by atoms with E-state index in [1.807, 2.05) is 36.4 Å². The second-order valence-corrected chi connectivity index (χ2v) is 12.0. The molecule has 0 aliphatic rings. The average molecular weight is 602 g/mol. The van der Waals surface area contributed by atoms with Crippen LogP contribution < -0.4 is 0 Å². The Kier molecular flexibility index (Phi) is 4.75. The monoisotopic (exact) mass is 601 g/mol. The van der Waals surface area contributed by atoms with Gasteiger partial charge in [-0.3, -0.25) is 8.97 Å². The summed E-state index contributed by atoms with van der Waals surface area (Å²) < 4.78 is 11.2. The summed E-state index contributed by atoms with van der Waals surface area (Å²) in [5.74, 6) is 0.627. The van der Waals surface area contributed by atoms with Crippen LogP contribution in [0.15, 0.2) is 144 Å². The standard InChI is InChI=1S/C41H23N5O/c1-2-12-24(13-3-1)37-25-14-4-7-17-29(25)43-41(44-37)45-31-19-9-5-15-26(31)35-33(45)23-22-28-36(35)40-42-30-18-8-10-20-32(30)46(40)38-27-16-6-11-21-34(27)47-39(28)38/h1-23H. The van der Waals surface area contributed by atoms with Gasteiger partial charge in [0, 0.05) is 37.9 Å². The first-order valence-electron chi connectivity index (χ1n) is 15.7. The van der Waals surface area contributed by atoms with Crippen LogP contribution in [-0.4, -0.2) is 23.9 Å². The normalized spacial score (nSPS) is 12.3. The molecule has 0 bridgehead atoms. The minimum atomic E-state index is 0.627. The quantitative estimate of drug-likeness (QED) is 0.198. The topological polar surface area (TPSA) is 61.2 Å². The van der Waals surface area contributed by atoms with Gasteiger partial charge >= 0.3 is 0 Å². The zero-order chi connectivity index (χ0) is 30.6. The Morgan fingerprint density at radius 3 is 2.04 bits per heavy atom. The molecule has 6 heteroatoms. The van der Waals surface area contributed by atoms with Crippen molar-refractivity contribution in [2.24, 2.45) is 0 Å². The lowest BCUT2D eigenvalue weighted by atomic mass is 10.0. The van der Waals surface area contributed by atoms with Crippen molar-refractivity contribution in [2.75, 3.05) is 0 Å². The van der Waals surface area contributed by atoms with Crippen molar-refractivity contribution in [3.63, 3.8) is 0 Å². The highest BCUT2D eigenvalue weighted by Gasteiger charge is 2.24. The fourth-order valence-electron chi connectivity index (χ4n) is 7.53. The van der Waals surface area contributed by atoms with Crippen LogP contribution in [0.1, 0.15) is 0 Å². The molecule has 0 radical (unpaired) electrons. The number of hydrogen-bond donors (Lipinski definition) is 0. The summed E-state index contributed by atoms with van der Waals surface area (Å²) >= 11 is 0. The minimum absolute atomic E-state index is 0.627. The molecule has 6 nitrogen and oxygen atoms in total. The number of aromatic nitrogens is 5. The maximum atomic E-state index is 6.68. The molecule has 0 amide bonds. The van der Waals surface area contributed by atoms with E-state index in [1.165, 1.54) is 0 Å². The van der Waals surface area contributed by atoms with Crippen LogP contribution in [0.4, 0.5) is 0 Å². The molecule has 0 aliphatic carbocycles. The van der Waals surface area contributed by atoms with Gasteiger partial charge < -0.3 is 4.42 Å². The Hall–Kier alpha value is -6.53. The van der Waals surface area contributed by atoms with E-state index in [0.29, 0.717) is 5.95 Å². The van der Waals surface area contributed by atoms with E-state index in [2.05, 4.69) is 112 Å². The van der Waals surface area contributed by atoms with Gasteiger partial charge in [0.2, 0.25) is 5.95 Å². The lowest BCUT2D eigenvalue weighted by molar-refractivity contribution is 0.672. The molecule has 0 aliphatic heterocycles. The number of nitrogens with zero attached hydrogens (tertiary/aromatic N) is 5. The molecule has 218 valence electrons. The van der Waals surface area contributed by atoms with E-state index < -0.39 is 0 Å². The van der Waals surface area contributed by atoms with Crippen molar-refractivity contribution in [2.45, 2.75) is 0 Å². The van der Waals surface area contributed by atoms with Crippen LogP contribution in [0.25, 0.3) is 99.4 Å². The van der Waals surface area contributed by atoms with E-state index >= 15 is 0 Å². The molecule has 47 heavy (non-hydrogen) atoms. The number of benzene rings is 6. The van der Waals surface area contributed by atoms with Crippen LogP contribution in [-0.2, 0) is 0 Å². The minimum Gasteiger partial charge on any atom is -0.454 e. The largest absolute Gasteiger partial charge is 0.454 e. The zero-order valence-electron chi connectivity index (χ0n) is 24.9. The molecule has 11 aromatic rings. The Labute approximate surface area is 266 Å². The summed E-state index contributed by atoms with van der Waals surface area (Å²) in [6.45, 7) is 0. The lowest BCUT2D eigenvalue weighted by Crippen LogP contribution is -2.03.